The fourth-order valence-electron chi connectivity index (χ4n) is 2.71. The zero-order valence-electron chi connectivity index (χ0n) is 13.6. The van der Waals surface area contributed by atoms with Gasteiger partial charge in [-0.2, -0.15) is 10.2 Å². The lowest BCUT2D eigenvalue weighted by Gasteiger charge is -2.09. The summed E-state index contributed by atoms with van der Waals surface area (Å²) in [6.45, 7) is 0. The highest BCUT2D eigenvalue weighted by atomic mass is 15.1. The molecular formula is C22H17N3. The van der Waals surface area contributed by atoms with Gasteiger partial charge in [0.2, 0.25) is 0 Å². The minimum atomic E-state index is 0.826. The van der Waals surface area contributed by atoms with E-state index >= 15 is 0 Å². The quantitative estimate of drug-likeness (QED) is 0.403. The first kappa shape index (κ1) is 15.1. The van der Waals surface area contributed by atoms with E-state index in [1.165, 1.54) is 10.8 Å². The summed E-state index contributed by atoms with van der Waals surface area (Å²) in [4.78, 5) is 0. The third kappa shape index (κ3) is 3.56. The highest BCUT2D eigenvalue weighted by Gasteiger charge is 2.01. The van der Waals surface area contributed by atoms with Crippen molar-refractivity contribution >= 4 is 33.5 Å². The summed E-state index contributed by atoms with van der Waals surface area (Å²) in [6, 6.07) is 32.3. The van der Waals surface area contributed by atoms with Crippen LogP contribution in [0.4, 0.5) is 22.7 Å². The first-order chi connectivity index (χ1) is 12.4. The van der Waals surface area contributed by atoms with Gasteiger partial charge in [-0.25, -0.2) is 0 Å². The van der Waals surface area contributed by atoms with Crippen LogP contribution >= 0.6 is 0 Å². The molecule has 0 bridgehead atoms. The highest BCUT2D eigenvalue weighted by Crippen LogP contribution is 2.27. The van der Waals surface area contributed by atoms with Gasteiger partial charge in [0.25, 0.3) is 0 Å². The van der Waals surface area contributed by atoms with Crippen molar-refractivity contribution in [3.05, 3.63) is 97.1 Å². The zero-order valence-corrected chi connectivity index (χ0v) is 13.6. The van der Waals surface area contributed by atoms with E-state index in [0.717, 1.165) is 22.7 Å². The Labute approximate surface area is 146 Å². The first-order valence-electron chi connectivity index (χ1n) is 8.20. The molecule has 3 heteroatoms. The predicted octanol–water partition coefficient (Wildman–Crippen LogP) is 7.00. The van der Waals surface area contributed by atoms with Crippen LogP contribution in [0, 0.1) is 0 Å². The second-order valence-electron chi connectivity index (χ2n) is 5.73. The van der Waals surface area contributed by atoms with Crippen molar-refractivity contribution in [1.29, 1.82) is 0 Å². The number of nitrogens with zero attached hydrogens (tertiary/aromatic N) is 2. The summed E-state index contributed by atoms with van der Waals surface area (Å²) >= 11 is 0. The summed E-state index contributed by atoms with van der Waals surface area (Å²) in [6.07, 6.45) is 0. The van der Waals surface area contributed by atoms with Crippen LogP contribution < -0.4 is 5.32 Å². The SMILES string of the molecule is c1ccc(N=Nc2ccc(Nc3cccc4ccccc34)cc2)cc1. The molecule has 0 atom stereocenters. The second kappa shape index (κ2) is 6.97. The molecule has 0 fully saturated rings. The summed E-state index contributed by atoms with van der Waals surface area (Å²) in [5.41, 5.74) is 3.79. The number of azo groups is 1. The monoisotopic (exact) mass is 323 g/mol. The lowest BCUT2D eigenvalue weighted by Crippen LogP contribution is -1.90. The van der Waals surface area contributed by atoms with E-state index < -0.39 is 0 Å². The number of rotatable bonds is 4. The molecule has 0 amide bonds. The number of fused-ring (bicyclic) bond motifs is 1. The smallest absolute Gasteiger partial charge is 0.0858 e. The van der Waals surface area contributed by atoms with Crippen molar-refractivity contribution in [2.24, 2.45) is 10.2 Å². The van der Waals surface area contributed by atoms with Gasteiger partial charge in [0.15, 0.2) is 0 Å². The minimum Gasteiger partial charge on any atom is -0.355 e. The molecule has 0 unspecified atom stereocenters. The van der Waals surface area contributed by atoms with Crippen molar-refractivity contribution in [2.75, 3.05) is 5.32 Å². The van der Waals surface area contributed by atoms with E-state index in [4.69, 9.17) is 0 Å². The van der Waals surface area contributed by atoms with Gasteiger partial charge in [0, 0.05) is 16.8 Å². The van der Waals surface area contributed by atoms with Gasteiger partial charge in [-0.15, -0.1) is 0 Å². The Hall–Kier alpha value is -3.46. The van der Waals surface area contributed by atoms with Crippen LogP contribution in [0.15, 0.2) is 107 Å². The Morgan fingerprint density at radius 1 is 0.520 bits per heavy atom. The largest absolute Gasteiger partial charge is 0.355 e. The Kier molecular flexibility index (Phi) is 4.21. The fourth-order valence-corrected chi connectivity index (χ4v) is 2.71. The Bertz CT molecular complexity index is 1000. The summed E-state index contributed by atoms with van der Waals surface area (Å²) in [5.74, 6) is 0. The molecular weight excluding hydrogens is 306 g/mol. The Balaban J connectivity index is 1.53. The van der Waals surface area contributed by atoms with Crippen LogP contribution in [-0.4, -0.2) is 0 Å². The molecule has 4 aromatic carbocycles. The van der Waals surface area contributed by atoms with Crippen molar-refractivity contribution < 1.29 is 0 Å². The van der Waals surface area contributed by atoms with Crippen molar-refractivity contribution in [1.82, 2.24) is 0 Å². The van der Waals surface area contributed by atoms with Gasteiger partial charge >= 0.3 is 0 Å². The standard InChI is InChI=1S/C22H17N3/c1-2-9-19(10-3-1)24-25-20-15-13-18(14-16-20)23-22-12-6-8-17-7-4-5-11-21(17)22/h1-16,23H. The van der Waals surface area contributed by atoms with Gasteiger partial charge in [0.05, 0.1) is 11.4 Å². The Morgan fingerprint density at radius 3 is 1.96 bits per heavy atom. The van der Waals surface area contributed by atoms with Gasteiger partial charge < -0.3 is 5.32 Å². The van der Waals surface area contributed by atoms with Crippen molar-refractivity contribution in [3.63, 3.8) is 0 Å². The zero-order chi connectivity index (χ0) is 16.9. The molecule has 0 radical (unpaired) electrons. The number of nitrogens with one attached hydrogen (secondary N) is 1. The predicted molar refractivity (Wildman–Crippen MR) is 104 cm³/mol. The minimum absolute atomic E-state index is 0.826. The average Bonchev–Trinajstić information content (AvgIpc) is 2.69. The van der Waals surface area contributed by atoms with Gasteiger partial charge in [-0.3, -0.25) is 0 Å². The maximum absolute atomic E-state index is 4.27. The van der Waals surface area contributed by atoms with Gasteiger partial charge in [0.1, 0.15) is 0 Å². The topological polar surface area (TPSA) is 36.8 Å². The van der Waals surface area contributed by atoms with Crippen LogP contribution in [0.3, 0.4) is 0 Å². The van der Waals surface area contributed by atoms with Gasteiger partial charge in [-0.1, -0.05) is 54.6 Å². The normalized spacial score (nSPS) is 11.0. The summed E-state index contributed by atoms with van der Waals surface area (Å²) < 4.78 is 0. The number of hydrogen-bond acceptors (Lipinski definition) is 3. The molecule has 4 aromatic rings. The molecule has 0 heterocycles. The molecule has 1 N–H and O–H groups in total. The van der Waals surface area contributed by atoms with E-state index in [-0.39, 0.29) is 0 Å². The molecule has 0 aliphatic carbocycles. The number of anilines is 2. The van der Waals surface area contributed by atoms with Gasteiger partial charge in [-0.05, 0) is 47.9 Å². The third-order valence-electron chi connectivity index (χ3n) is 3.97. The molecule has 0 aliphatic rings. The van der Waals surface area contributed by atoms with E-state index in [0.29, 0.717) is 0 Å². The number of hydrogen-bond donors (Lipinski definition) is 1. The van der Waals surface area contributed by atoms with E-state index in [1.807, 2.05) is 54.6 Å². The Morgan fingerprint density at radius 2 is 1.16 bits per heavy atom. The van der Waals surface area contributed by atoms with Crippen LogP contribution in [0.5, 0.6) is 0 Å². The molecule has 4 rings (SSSR count). The molecule has 0 spiro atoms. The van der Waals surface area contributed by atoms with Crippen LogP contribution in [0.2, 0.25) is 0 Å². The molecule has 0 aromatic heterocycles. The average molecular weight is 323 g/mol. The van der Waals surface area contributed by atoms with Crippen molar-refractivity contribution in [2.45, 2.75) is 0 Å². The maximum Gasteiger partial charge on any atom is 0.0858 e. The molecule has 120 valence electrons. The van der Waals surface area contributed by atoms with E-state index in [1.54, 1.807) is 0 Å². The second-order valence-corrected chi connectivity index (χ2v) is 5.73. The summed E-state index contributed by atoms with van der Waals surface area (Å²) in [7, 11) is 0. The van der Waals surface area contributed by atoms with E-state index in [2.05, 4.69) is 58.0 Å². The fraction of sp³-hybridized carbons (Fsp3) is 0. The van der Waals surface area contributed by atoms with Crippen LogP contribution in [0.25, 0.3) is 10.8 Å². The van der Waals surface area contributed by atoms with Crippen LogP contribution in [-0.2, 0) is 0 Å². The first-order valence-corrected chi connectivity index (χ1v) is 8.20. The molecule has 0 saturated carbocycles. The number of benzene rings is 4. The molecule has 25 heavy (non-hydrogen) atoms. The molecule has 3 nitrogen and oxygen atoms in total. The third-order valence-corrected chi connectivity index (χ3v) is 3.97. The van der Waals surface area contributed by atoms with Crippen molar-refractivity contribution in [3.8, 4) is 0 Å². The lowest BCUT2D eigenvalue weighted by atomic mass is 10.1. The lowest BCUT2D eigenvalue weighted by molar-refractivity contribution is 1.23. The summed E-state index contributed by atoms with van der Waals surface area (Å²) in [5, 5.41) is 14.4. The van der Waals surface area contributed by atoms with E-state index in [9.17, 15) is 0 Å². The highest BCUT2D eigenvalue weighted by molar-refractivity contribution is 5.95. The maximum atomic E-state index is 4.27. The molecule has 0 saturated heterocycles. The molecule has 0 aliphatic heterocycles. The van der Waals surface area contributed by atoms with Crippen LogP contribution in [0.1, 0.15) is 0 Å².